The van der Waals surface area contributed by atoms with Crippen LogP contribution >= 0.6 is 12.2 Å². The molecular formula is C7H9NOS. The summed E-state index contributed by atoms with van der Waals surface area (Å²) in [5, 5.41) is 0. The van der Waals surface area contributed by atoms with E-state index in [9.17, 15) is 0 Å². The van der Waals surface area contributed by atoms with E-state index < -0.39 is 0 Å². The molecule has 54 valence electrons. The second-order valence-corrected chi connectivity index (χ2v) is 2.51. The van der Waals surface area contributed by atoms with Crippen LogP contribution in [0.5, 0.6) is 5.75 Å². The summed E-state index contributed by atoms with van der Waals surface area (Å²) in [5.74, 6) is 0.807. The summed E-state index contributed by atoms with van der Waals surface area (Å²) in [5.41, 5.74) is 1.02. The zero-order valence-corrected chi connectivity index (χ0v) is 6.79. The Kier molecular flexibility index (Phi) is 2.06. The van der Waals surface area contributed by atoms with Gasteiger partial charge in [0, 0.05) is 11.8 Å². The molecular weight excluding hydrogens is 146 g/mol. The van der Waals surface area contributed by atoms with Gasteiger partial charge in [-0.15, -0.1) is 0 Å². The largest absolute Gasteiger partial charge is 0.497 e. The molecule has 0 saturated carbocycles. The number of methoxy groups -OCH3 is 1. The second kappa shape index (κ2) is 2.84. The molecule has 0 aliphatic rings. The molecule has 0 unspecified atom stereocenters. The average molecular weight is 155 g/mol. The van der Waals surface area contributed by atoms with Crippen LogP contribution in [-0.2, 0) is 0 Å². The van der Waals surface area contributed by atoms with Crippen molar-refractivity contribution in [1.82, 2.24) is 4.98 Å². The van der Waals surface area contributed by atoms with E-state index in [0.717, 1.165) is 11.4 Å². The summed E-state index contributed by atoms with van der Waals surface area (Å²) in [4.78, 5) is 2.98. The van der Waals surface area contributed by atoms with Crippen molar-refractivity contribution in [2.24, 2.45) is 0 Å². The van der Waals surface area contributed by atoms with Gasteiger partial charge in [0.2, 0.25) is 0 Å². The SMILES string of the molecule is COc1cc(C)[nH]c(=S)c1. The maximum atomic E-state index is 4.99. The van der Waals surface area contributed by atoms with E-state index in [-0.39, 0.29) is 0 Å². The van der Waals surface area contributed by atoms with Crippen molar-refractivity contribution in [3.63, 3.8) is 0 Å². The third-order valence-electron chi connectivity index (χ3n) is 1.19. The van der Waals surface area contributed by atoms with Crippen LogP contribution in [0, 0.1) is 11.6 Å². The maximum Gasteiger partial charge on any atom is 0.123 e. The molecule has 1 heterocycles. The number of pyridine rings is 1. The maximum absolute atomic E-state index is 4.99. The molecule has 0 aliphatic heterocycles. The predicted octanol–water partition coefficient (Wildman–Crippen LogP) is 2.06. The summed E-state index contributed by atoms with van der Waals surface area (Å²) in [7, 11) is 1.63. The van der Waals surface area contributed by atoms with Gasteiger partial charge in [-0.3, -0.25) is 0 Å². The first-order chi connectivity index (χ1) is 4.72. The van der Waals surface area contributed by atoms with E-state index in [0.29, 0.717) is 4.64 Å². The first kappa shape index (κ1) is 7.28. The lowest BCUT2D eigenvalue weighted by atomic mass is 10.4. The predicted molar refractivity (Wildman–Crippen MR) is 42.9 cm³/mol. The van der Waals surface area contributed by atoms with Crippen LogP contribution in [0.15, 0.2) is 12.1 Å². The number of aromatic nitrogens is 1. The molecule has 1 rings (SSSR count). The Morgan fingerprint density at radius 3 is 2.70 bits per heavy atom. The zero-order valence-electron chi connectivity index (χ0n) is 5.97. The molecule has 0 amide bonds. The lowest BCUT2D eigenvalue weighted by molar-refractivity contribution is 0.413. The fourth-order valence-electron chi connectivity index (χ4n) is 0.769. The molecule has 0 atom stereocenters. The second-order valence-electron chi connectivity index (χ2n) is 2.07. The Hall–Kier alpha value is -0.830. The average Bonchev–Trinajstić information content (AvgIpc) is 1.85. The van der Waals surface area contributed by atoms with Crippen LogP contribution in [0.3, 0.4) is 0 Å². The van der Waals surface area contributed by atoms with Crippen LogP contribution in [0.2, 0.25) is 0 Å². The summed E-state index contributed by atoms with van der Waals surface area (Å²) in [6, 6.07) is 3.68. The van der Waals surface area contributed by atoms with Gasteiger partial charge in [-0.2, -0.15) is 0 Å². The first-order valence-electron chi connectivity index (χ1n) is 2.97. The fraction of sp³-hybridized carbons (Fsp3) is 0.286. The molecule has 2 nitrogen and oxygen atoms in total. The van der Waals surface area contributed by atoms with Gasteiger partial charge in [0.05, 0.1) is 7.11 Å². The fourth-order valence-corrected chi connectivity index (χ4v) is 1.05. The molecule has 10 heavy (non-hydrogen) atoms. The minimum Gasteiger partial charge on any atom is -0.497 e. The topological polar surface area (TPSA) is 25.0 Å². The Morgan fingerprint density at radius 2 is 2.20 bits per heavy atom. The minimum absolute atomic E-state index is 0.705. The molecule has 0 radical (unpaired) electrons. The molecule has 0 aromatic carbocycles. The molecule has 1 aromatic heterocycles. The van der Waals surface area contributed by atoms with Gasteiger partial charge in [-0.25, -0.2) is 0 Å². The van der Waals surface area contributed by atoms with E-state index in [1.165, 1.54) is 0 Å². The lowest BCUT2D eigenvalue weighted by Crippen LogP contribution is -1.86. The molecule has 0 bridgehead atoms. The van der Waals surface area contributed by atoms with Gasteiger partial charge in [-0.1, -0.05) is 12.2 Å². The quantitative estimate of drug-likeness (QED) is 0.628. The van der Waals surface area contributed by atoms with Gasteiger partial charge in [0.25, 0.3) is 0 Å². The Morgan fingerprint density at radius 1 is 1.50 bits per heavy atom. The number of aromatic amines is 1. The van der Waals surface area contributed by atoms with E-state index in [1.807, 2.05) is 13.0 Å². The number of rotatable bonds is 1. The van der Waals surface area contributed by atoms with Crippen LogP contribution in [0.1, 0.15) is 5.69 Å². The third-order valence-corrected chi connectivity index (χ3v) is 1.41. The van der Waals surface area contributed by atoms with E-state index in [4.69, 9.17) is 17.0 Å². The van der Waals surface area contributed by atoms with Crippen LogP contribution in [0.4, 0.5) is 0 Å². The zero-order chi connectivity index (χ0) is 7.56. The highest BCUT2D eigenvalue weighted by Crippen LogP contribution is 2.09. The van der Waals surface area contributed by atoms with Gasteiger partial charge in [0.15, 0.2) is 0 Å². The van der Waals surface area contributed by atoms with Crippen molar-refractivity contribution in [3.8, 4) is 5.75 Å². The van der Waals surface area contributed by atoms with Crippen molar-refractivity contribution < 1.29 is 4.74 Å². The van der Waals surface area contributed by atoms with Crippen molar-refractivity contribution >= 4 is 12.2 Å². The molecule has 3 heteroatoms. The highest BCUT2D eigenvalue weighted by atomic mass is 32.1. The number of nitrogens with one attached hydrogen (secondary N) is 1. The third kappa shape index (κ3) is 1.57. The van der Waals surface area contributed by atoms with Gasteiger partial charge in [0.1, 0.15) is 10.4 Å². The van der Waals surface area contributed by atoms with Crippen molar-refractivity contribution in [2.45, 2.75) is 6.92 Å². The smallest absolute Gasteiger partial charge is 0.123 e. The molecule has 1 N–H and O–H groups in total. The Labute approximate surface area is 64.9 Å². The Balaban J connectivity index is 3.19. The van der Waals surface area contributed by atoms with Gasteiger partial charge in [-0.05, 0) is 13.0 Å². The van der Waals surface area contributed by atoms with Gasteiger partial charge >= 0.3 is 0 Å². The Bertz CT molecular complexity index is 279. The van der Waals surface area contributed by atoms with Gasteiger partial charge < -0.3 is 9.72 Å². The lowest BCUT2D eigenvalue weighted by Gasteiger charge is -1.99. The first-order valence-corrected chi connectivity index (χ1v) is 3.38. The molecule has 0 saturated heterocycles. The number of hydrogen-bond acceptors (Lipinski definition) is 2. The number of ether oxygens (including phenoxy) is 1. The normalized spacial score (nSPS) is 9.40. The van der Waals surface area contributed by atoms with Crippen molar-refractivity contribution in [1.29, 1.82) is 0 Å². The van der Waals surface area contributed by atoms with E-state index in [2.05, 4.69) is 4.98 Å². The highest BCUT2D eigenvalue weighted by Gasteiger charge is 1.90. The van der Waals surface area contributed by atoms with Crippen LogP contribution in [0.25, 0.3) is 0 Å². The molecule has 1 aromatic rings. The molecule has 0 aliphatic carbocycles. The van der Waals surface area contributed by atoms with Crippen LogP contribution < -0.4 is 4.74 Å². The monoisotopic (exact) mass is 155 g/mol. The molecule has 0 spiro atoms. The summed E-state index contributed by atoms with van der Waals surface area (Å²) < 4.78 is 5.69. The number of H-pyrrole nitrogens is 1. The van der Waals surface area contributed by atoms with Crippen molar-refractivity contribution in [2.75, 3.05) is 7.11 Å². The van der Waals surface area contributed by atoms with E-state index in [1.54, 1.807) is 13.2 Å². The summed E-state index contributed by atoms with van der Waals surface area (Å²) in [6.45, 7) is 1.94. The standard InChI is InChI=1S/C7H9NOS/c1-5-3-6(9-2)4-7(10)8-5/h3-4H,1-2H3,(H,8,10). The van der Waals surface area contributed by atoms with E-state index >= 15 is 0 Å². The van der Waals surface area contributed by atoms with Crippen molar-refractivity contribution in [3.05, 3.63) is 22.5 Å². The minimum atomic E-state index is 0.705. The molecule has 0 fully saturated rings. The summed E-state index contributed by atoms with van der Waals surface area (Å²) in [6.07, 6.45) is 0. The number of hydrogen-bond donors (Lipinski definition) is 1. The summed E-state index contributed by atoms with van der Waals surface area (Å²) >= 11 is 4.92. The number of aryl methyl sites for hydroxylation is 1. The highest BCUT2D eigenvalue weighted by molar-refractivity contribution is 7.71. The van der Waals surface area contributed by atoms with Crippen LogP contribution in [-0.4, -0.2) is 12.1 Å².